The molecule has 3 aromatic carbocycles. The van der Waals surface area contributed by atoms with Crippen LogP contribution in [-0.2, 0) is 16.0 Å². The molecule has 1 amide bonds. The number of Topliss-reactive ketones (excluding diaryl/α,β-unsaturated/α-hetero) is 1. The van der Waals surface area contributed by atoms with E-state index in [4.69, 9.17) is 0 Å². The Labute approximate surface area is 176 Å². The maximum absolute atomic E-state index is 13.1. The van der Waals surface area contributed by atoms with Crippen molar-refractivity contribution < 1.29 is 14.7 Å². The monoisotopic (exact) mass is 397 g/mol. The quantitative estimate of drug-likeness (QED) is 0.375. The Morgan fingerprint density at radius 3 is 2.13 bits per heavy atom. The van der Waals surface area contributed by atoms with Gasteiger partial charge in [0.1, 0.15) is 5.76 Å². The summed E-state index contributed by atoms with van der Waals surface area (Å²) in [7, 11) is 0. The lowest BCUT2D eigenvalue weighted by atomic mass is 9.94. The number of rotatable bonds is 4. The second-order valence-corrected chi connectivity index (χ2v) is 7.47. The number of aryl methyl sites for hydroxylation is 2. The van der Waals surface area contributed by atoms with Crippen LogP contribution in [0.15, 0.2) is 84.4 Å². The normalized spacial score (nSPS) is 18.1. The summed E-state index contributed by atoms with van der Waals surface area (Å²) in [6, 6.07) is 23.5. The molecule has 1 N–H and O–H groups in total. The van der Waals surface area contributed by atoms with Gasteiger partial charge in [-0.2, -0.15) is 0 Å². The Kier molecular flexibility index (Phi) is 5.23. The Morgan fingerprint density at radius 2 is 1.53 bits per heavy atom. The van der Waals surface area contributed by atoms with Gasteiger partial charge in [0.2, 0.25) is 0 Å². The van der Waals surface area contributed by atoms with Crippen LogP contribution in [0, 0.1) is 6.92 Å². The lowest BCUT2D eigenvalue weighted by Gasteiger charge is -2.25. The highest BCUT2D eigenvalue weighted by Gasteiger charge is 2.46. The molecule has 0 spiro atoms. The van der Waals surface area contributed by atoms with E-state index in [0.717, 1.165) is 23.1 Å². The summed E-state index contributed by atoms with van der Waals surface area (Å²) < 4.78 is 0. The van der Waals surface area contributed by atoms with Crippen LogP contribution in [-0.4, -0.2) is 16.8 Å². The predicted molar refractivity (Wildman–Crippen MR) is 118 cm³/mol. The van der Waals surface area contributed by atoms with E-state index in [2.05, 4.69) is 6.92 Å². The SMILES string of the molecule is CCc1ccc(C2/C(=C(/O)c3ccc(C)cc3)C(=O)C(=O)N2c2ccccc2)cc1. The van der Waals surface area contributed by atoms with Gasteiger partial charge in [-0.3, -0.25) is 14.5 Å². The van der Waals surface area contributed by atoms with Crippen LogP contribution in [0.4, 0.5) is 5.69 Å². The van der Waals surface area contributed by atoms with Gasteiger partial charge >= 0.3 is 0 Å². The highest BCUT2D eigenvalue weighted by molar-refractivity contribution is 6.51. The minimum absolute atomic E-state index is 0.108. The molecule has 1 saturated heterocycles. The average Bonchev–Trinajstić information content (AvgIpc) is 3.05. The minimum atomic E-state index is -0.695. The number of carbonyl (C=O) groups is 2. The molecule has 0 radical (unpaired) electrons. The van der Waals surface area contributed by atoms with E-state index in [1.54, 1.807) is 24.3 Å². The van der Waals surface area contributed by atoms with Crippen molar-refractivity contribution >= 4 is 23.1 Å². The zero-order valence-electron chi connectivity index (χ0n) is 17.0. The van der Waals surface area contributed by atoms with E-state index in [1.807, 2.05) is 61.5 Å². The van der Waals surface area contributed by atoms with Crippen LogP contribution in [0.25, 0.3) is 5.76 Å². The predicted octanol–water partition coefficient (Wildman–Crippen LogP) is 5.18. The average molecular weight is 397 g/mol. The van der Waals surface area contributed by atoms with Crippen LogP contribution in [0.3, 0.4) is 0 Å². The maximum atomic E-state index is 13.1. The summed E-state index contributed by atoms with van der Waals surface area (Å²) in [6.45, 7) is 4.02. The van der Waals surface area contributed by atoms with Gasteiger partial charge in [-0.25, -0.2) is 0 Å². The number of hydrogen-bond donors (Lipinski definition) is 1. The molecule has 0 saturated carbocycles. The molecule has 1 heterocycles. The highest BCUT2D eigenvalue weighted by atomic mass is 16.3. The third kappa shape index (κ3) is 3.41. The van der Waals surface area contributed by atoms with Crippen molar-refractivity contribution in [3.63, 3.8) is 0 Å². The van der Waals surface area contributed by atoms with Crippen molar-refractivity contribution in [2.75, 3.05) is 4.90 Å². The summed E-state index contributed by atoms with van der Waals surface area (Å²) in [5, 5.41) is 11.1. The van der Waals surface area contributed by atoms with E-state index in [9.17, 15) is 14.7 Å². The number of anilines is 1. The number of benzene rings is 3. The molecule has 1 unspecified atom stereocenters. The molecule has 0 aromatic heterocycles. The Bertz CT molecular complexity index is 1110. The van der Waals surface area contributed by atoms with Crippen LogP contribution in [0.2, 0.25) is 0 Å². The van der Waals surface area contributed by atoms with Crippen LogP contribution in [0.5, 0.6) is 0 Å². The second-order valence-electron chi connectivity index (χ2n) is 7.47. The molecule has 4 heteroatoms. The van der Waals surface area contributed by atoms with E-state index >= 15 is 0 Å². The molecule has 150 valence electrons. The van der Waals surface area contributed by atoms with Gasteiger partial charge in [0.15, 0.2) is 0 Å². The van der Waals surface area contributed by atoms with Crippen molar-refractivity contribution in [1.29, 1.82) is 0 Å². The van der Waals surface area contributed by atoms with E-state index in [0.29, 0.717) is 11.3 Å². The number of aliphatic hydroxyl groups excluding tert-OH is 1. The molecule has 4 rings (SSSR count). The number of nitrogens with zero attached hydrogens (tertiary/aromatic N) is 1. The van der Waals surface area contributed by atoms with Gasteiger partial charge in [0, 0.05) is 11.3 Å². The summed E-state index contributed by atoms with van der Waals surface area (Å²) in [4.78, 5) is 27.6. The van der Waals surface area contributed by atoms with Crippen molar-refractivity contribution in [3.8, 4) is 0 Å². The molecular formula is C26H23NO3. The van der Waals surface area contributed by atoms with Crippen molar-refractivity contribution in [2.24, 2.45) is 0 Å². The fraction of sp³-hybridized carbons (Fsp3) is 0.154. The molecule has 4 nitrogen and oxygen atoms in total. The number of para-hydroxylation sites is 1. The summed E-state index contributed by atoms with van der Waals surface area (Å²) in [6.07, 6.45) is 0.891. The number of aliphatic hydroxyl groups is 1. The summed E-state index contributed by atoms with van der Waals surface area (Å²) in [5.74, 6) is -1.47. The molecule has 0 bridgehead atoms. The fourth-order valence-corrected chi connectivity index (χ4v) is 3.81. The first-order chi connectivity index (χ1) is 14.5. The second kappa shape index (κ2) is 7.99. The Morgan fingerprint density at radius 1 is 0.900 bits per heavy atom. The van der Waals surface area contributed by atoms with Crippen molar-refractivity contribution in [1.82, 2.24) is 0 Å². The summed E-state index contributed by atoms with van der Waals surface area (Å²) >= 11 is 0. The largest absolute Gasteiger partial charge is 0.507 e. The molecule has 3 aromatic rings. The Hall–Kier alpha value is -3.66. The van der Waals surface area contributed by atoms with Crippen LogP contribution >= 0.6 is 0 Å². The van der Waals surface area contributed by atoms with Crippen molar-refractivity contribution in [2.45, 2.75) is 26.3 Å². The fourth-order valence-electron chi connectivity index (χ4n) is 3.81. The van der Waals surface area contributed by atoms with E-state index in [-0.39, 0.29) is 11.3 Å². The first-order valence-electron chi connectivity index (χ1n) is 10.0. The Balaban J connectivity index is 1.92. The van der Waals surface area contributed by atoms with Crippen LogP contribution < -0.4 is 4.90 Å². The van der Waals surface area contributed by atoms with Crippen LogP contribution in [0.1, 0.15) is 35.2 Å². The van der Waals surface area contributed by atoms with Gasteiger partial charge in [0.05, 0.1) is 11.6 Å². The third-order valence-corrected chi connectivity index (χ3v) is 5.51. The molecule has 1 fully saturated rings. The molecule has 30 heavy (non-hydrogen) atoms. The lowest BCUT2D eigenvalue weighted by molar-refractivity contribution is -0.132. The van der Waals surface area contributed by atoms with E-state index in [1.165, 1.54) is 4.90 Å². The first-order valence-corrected chi connectivity index (χ1v) is 10.0. The minimum Gasteiger partial charge on any atom is -0.507 e. The standard InChI is InChI=1S/C26H23NO3/c1-3-18-11-15-19(16-12-18)23-22(24(28)20-13-9-17(2)10-14-20)25(29)26(30)27(23)21-7-5-4-6-8-21/h4-16,23,28H,3H2,1-2H3/b24-22-. The molecule has 1 aliphatic rings. The molecule has 1 atom stereocenters. The van der Waals surface area contributed by atoms with Gasteiger partial charge in [-0.15, -0.1) is 0 Å². The number of carbonyl (C=O) groups excluding carboxylic acids is 2. The maximum Gasteiger partial charge on any atom is 0.300 e. The number of amides is 1. The smallest absolute Gasteiger partial charge is 0.300 e. The highest BCUT2D eigenvalue weighted by Crippen LogP contribution is 2.42. The third-order valence-electron chi connectivity index (χ3n) is 5.51. The zero-order chi connectivity index (χ0) is 21.3. The number of ketones is 1. The van der Waals surface area contributed by atoms with E-state index < -0.39 is 17.7 Å². The van der Waals surface area contributed by atoms with Crippen molar-refractivity contribution in [3.05, 3.63) is 107 Å². The molecular weight excluding hydrogens is 374 g/mol. The van der Waals surface area contributed by atoms with Gasteiger partial charge < -0.3 is 5.11 Å². The van der Waals surface area contributed by atoms with Gasteiger partial charge in [-0.1, -0.05) is 79.2 Å². The number of hydrogen-bond acceptors (Lipinski definition) is 3. The molecule has 0 aliphatic carbocycles. The topological polar surface area (TPSA) is 57.6 Å². The molecule has 1 aliphatic heterocycles. The zero-order valence-corrected chi connectivity index (χ0v) is 17.0. The van der Waals surface area contributed by atoms with Gasteiger partial charge in [0.25, 0.3) is 11.7 Å². The van der Waals surface area contributed by atoms with Gasteiger partial charge in [-0.05, 0) is 36.6 Å². The summed E-state index contributed by atoms with van der Waals surface area (Å²) in [5.41, 5.74) is 4.23. The first kappa shape index (κ1) is 19.6. The lowest BCUT2D eigenvalue weighted by Crippen LogP contribution is -2.29.